The van der Waals surface area contributed by atoms with E-state index in [4.69, 9.17) is 5.41 Å². The quantitative estimate of drug-likeness (QED) is 0.746. The summed E-state index contributed by atoms with van der Waals surface area (Å²) in [5, 5.41) is 17.1. The average molecular weight is 215 g/mol. The molecule has 0 atom stereocenters. The number of benzene rings is 1. The molecule has 82 valence electrons. The standard InChI is InChI=1S/C12H13N3O/c1-9-8-15(16)12(13)11(14-9)7-10-5-3-2-4-6-10/h2-6,8,13,16H,7H2,1H3. The molecule has 0 fully saturated rings. The molecular formula is C12H13N3O. The van der Waals surface area contributed by atoms with Crippen LogP contribution in [0, 0.1) is 12.3 Å². The van der Waals surface area contributed by atoms with E-state index in [1.807, 2.05) is 30.3 Å². The first kappa shape index (κ1) is 10.4. The second kappa shape index (κ2) is 4.18. The van der Waals surface area contributed by atoms with E-state index in [0.29, 0.717) is 17.8 Å². The monoisotopic (exact) mass is 215 g/mol. The lowest BCUT2D eigenvalue weighted by molar-refractivity contribution is 0.167. The minimum atomic E-state index is 0.0365. The Bertz CT molecular complexity index is 546. The van der Waals surface area contributed by atoms with Gasteiger partial charge in [0.2, 0.25) is 0 Å². The number of hydrogen-bond acceptors (Lipinski definition) is 3. The van der Waals surface area contributed by atoms with E-state index in [2.05, 4.69) is 4.98 Å². The summed E-state index contributed by atoms with van der Waals surface area (Å²) in [6, 6.07) is 9.79. The molecule has 1 heterocycles. The van der Waals surface area contributed by atoms with Gasteiger partial charge in [-0.2, -0.15) is 4.73 Å². The van der Waals surface area contributed by atoms with Crippen LogP contribution in [0.4, 0.5) is 0 Å². The molecule has 0 aliphatic carbocycles. The van der Waals surface area contributed by atoms with E-state index in [-0.39, 0.29) is 5.49 Å². The minimum Gasteiger partial charge on any atom is -0.427 e. The van der Waals surface area contributed by atoms with Gasteiger partial charge in [0.05, 0.1) is 17.6 Å². The topological polar surface area (TPSA) is 61.9 Å². The fraction of sp³-hybridized carbons (Fsp3) is 0.167. The smallest absolute Gasteiger partial charge is 0.182 e. The van der Waals surface area contributed by atoms with Gasteiger partial charge in [0.15, 0.2) is 5.49 Å². The molecule has 0 radical (unpaired) electrons. The maximum Gasteiger partial charge on any atom is 0.182 e. The zero-order valence-corrected chi connectivity index (χ0v) is 9.01. The first-order valence-electron chi connectivity index (χ1n) is 5.04. The highest BCUT2D eigenvalue weighted by Crippen LogP contribution is 2.04. The Hall–Kier alpha value is -2.10. The Morgan fingerprint density at radius 2 is 2.00 bits per heavy atom. The van der Waals surface area contributed by atoms with Crippen LogP contribution < -0.4 is 5.49 Å². The molecule has 0 amide bonds. The molecule has 0 aliphatic rings. The zero-order chi connectivity index (χ0) is 11.5. The first-order chi connectivity index (χ1) is 7.66. The fourth-order valence-corrected chi connectivity index (χ4v) is 1.58. The third-order valence-electron chi connectivity index (χ3n) is 2.34. The lowest BCUT2D eigenvalue weighted by Crippen LogP contribution is -2.24. The van der Waals surface area contributed by atoms with E-state index < -0.39 is 0 Å². The lowest BCUT2D eigenvalue weighted by Gasteiger charge is -2.05. The van der Waals surface area contributed by atoms with Crippen molar-refractivity contribution in [1.82, 2.24) is 9.71 Å². The van der Waals surface area contributed by atoms with Crippen LogP contribution in [-0.4, -0.2) is 14.9 Å². The Kier molecular flexibility index (Phi) is 2.72. The van der Waals surface area contributed by atoms with Gasteiger partial charge in [0.1, 0.15) is 0 Å². The van der Waals surface area contributed by atoms with E-state index in [1.165, 1.54) is 6.20 Å². The normalized spacial score (nSPS) is 10.3. The molecule has 0 saturated heterocycles. The van der Waals surface area contributed by atoms with Crippen molar-refractivity contribution in [2.75, 3.05) is 0 Å². The second-order valence-corrected chi connectivity index (χ2v) is 3.68. The van der Waals surface area contributed by atoms with Gasteiger partial charge in [-0.3, -0.25) is 10.4 Å². The predicted molar refractivity (Wildman–Crippen MR) is 59.3 cm³/mol. The number of aryl methyl sites for hydroxylation is 1. The largest absolute Gasteiger partial charge is 0.427 e. The highest BCUT2D eigenvalue weighted by atomic mass is 16.5. The summed E-state index contributed by atoms with van der Waals surface area (Å²) in [5.74, 6) is 0. The van der Waals surface area contributed by atoms with Crippen LogP contribution in [-0.2, 0) is 6.42 Å². The van der Waals surface area contributed by atoms with Gasteiger partial charge >= 0.3 is 0 Å². The van der Waals surface area contributed by atoms with Crippen molar-refractivity contribution in [3.63, 3.8) is 0 Å². The summed E-state index contributed by atoms with van der Waals surface area (Å²) in [5.41, 5.74) is 2.39. The van der Waals surface area contributed by atoms with Crippen LogP contribution in [0.3, 0.4) is 0 Å². The number of aromatic nitrogens is 2. The van der Waals surface area contributed by atoms with Gasteiger partial charge in [0.25, 0.3) is 0 Å². The molecule has 1 aromatic heterocycles. The number of nitrogens with zero attached hydrogens (tertiary/aromatic N) is 2. The van der Waals surface area contributed by atoms with Crippen LogP contribution in [0.2, 0.25) is 0 Å². The SMILES string of the molecule is Cc1cn(O)c(=N)c(Cc2ccccc2)n1. The number of hydrogen-bond donors (Lipinski definition) is 2. The molecular weight excluding hydrogens is 202 g/mol. The average Bonchev–Trinajstić information content (AvgIpc) is 2.27. The van der Waals surface area contributed by atoms with Gasteiger partial charge in [-0.1, -0.05) is 30.3 Å². The van der Waals surface area contributed by atoms with Gasteiger partial charge in [-0.25, -0.2) is 0 Å². The van der Waals surface area contributed by atoms with Crippen LogP contribution in [0.25, 0.3) is 0 Å². The highest BCUT2D eigenvalue weighted by molar-refractivity contribution is 5.20. The van der Waals surface area contributed by atoms with Crippen molar-refractivity contribution in [2.24, 2.45) is 0 Å². The van der Waals surface area contributed by atoms with E-state index in [1.54, 1.807) is 6.92 Å². The molecule has 4 heteroatoms. The van der Waals surface area contributed by atoms with Crippen molar-refractivity contribution >= 4 is 0 Å². The zero-order valence-electron chi connectivity index (χ0n) is 9.01. The molecule has 2 N–H and O–H groups in total. The van der Waals surface area contributed by atoms with Gasteiger partial charge in [-0.15, -0.1) is 0 Å². The van der Waals surface area contributed by atoms with Crippen molar-refractivity contribution < 1.29 is 5.21 Å². The second-order valence-electron chi connectivity index (χ2n) is 3.68. The Balaban J connectivity index is 2.39. The Morgan fingerprint density at radius 1 is 1.31 bits per heavy atom. The molecule has 2 rings (SSSR count). The summed E-state index contributed by atoms with van der Waals surface area (Å²) in [4.78, 5) is 4.26. The van der Waals surface area contributed by atoms with Crippen molar-refractivity contribution in [3.8, 4) is 0 Å². The molecule has 0 spiro atoms. The highest BCUT2D eigenvalue weighted by Gasteiger charge is 2.04. The van der Waals surface area contributed by atoms with Gasteiger partial charge in [0, 0.05) is 6.42 Å². The molecule has 0 unspecified atom stereocenters. The number of rotatable bonds is 2. The van der Waals surface area contributed by atoms with Crippen LogP contribution >= 0.6 is 0 Å². The Labute approximate surface area is 93.3 Å². The molecule has 0 bridgehead atoms. The Morgan fingerprint density at radius 3 is 2.69 bits per heavy atom. The summed E-state index contributed by atoms with van der Waals surface area (Å²) >= 11 is 0. The first-order valence-corrected chi connectivity index (χ1v) is 5.04. The van der Waals surface area contributed by atoms with E-state index >= 15 is 0 Å². The van der Waals surface area contributed by atoms with Crippen molar-refractivity contribution in [3.05, 3.63) is 59.0 Å². The predicted octanol–water partition coefficient (Wildman–Crippen LogP) is 1.50. The molecule has 2 aromatic rings. The van der Waals surface area contributed by atoms with Crippen molar-refractivity contribution in [1.29, 1.82) is 5.41 Å². The van der Waals surface area contributed by atoms with Gasteiger partial charge < -0.3 is 5.21 Å². The van der Waals surface area contributed by atoms with Crippen LogP contribution in [0.5, 0.6) is 0 Å². The maximum absolute atomic E-state index is 9.45. The maximum atomic E-state index is 9.45. The minimum absolute atomic E-state index is 0.0365. The van der Waals surface area contributed by atoms with Crippen LogP contribution in [0.1, 0.15) is 17.0 Å². The summed E-state index contributed by atoms with van der Waals surface area (Å²) in [6.45, 7) is 1.79. The third-order valence-corrected chi connectivity index (χ3v) is 2.34. The molecule has 1 aromatic carbocycles. The summed E-state index contributed by atoms with van der Waals surface area (Å²) < 4.78 is 0.806. The number of nitrogens with one attached hydrogen (secondary N) is 1. The fourth-order valence-electron chi connectivity index (χ4n) is 1.58. The van der Waals surface area contributed by atoms with Crippen LogP contribution in [0.15, 0.2) is 36.5 Å². The third kappa shape index (κ3) is 2.11. The summed E-state index contributed by atoms with van der Waals surface area (Å²) in [6.07, 6.45) is 1.98. The lowest BCUT2D eigenvalue weighted by atomic mass is 10.1. The molecule has 4 nitrogen and oxygen atoms in total. The molecule has 16 heavy (non-hydrogen) atoms. The van der Waals surface area contributed by atoms with E-state index in [9.17, 15) is 5.21 Å². The summed E-state index contributed by atoms with van der Waals surface area (Å²) in [7, 11) is 0. The van der Waals surface area contributed by atoms with Crippen molar-refractivity contribution in [2.45, 2.75) is 13.3 Å². The van der Waals surface area contributed by atoms with Gasteiger partial charge in [-0.05, 0) is 12.5 Å². The van der Waals surface area contributed by atoms with E-state index in [0.717, 1.165) is 10.3 Å². The molecule has 0 saturated carbocycles. The molecule has 0 aliphatic heterocycles.